The Balaban J connectivity index is 1.08. The van der Waals surface area contributed by atoms with Crippen molar-refractivity contribution in [3.8, 4) is 0 Å². The number of rotatable bonds is 16. The lowest BCUT2D eigenvalue weighted by Crippen LogP contribution is -2.54. The van der Waals surface area contributed by atoms with Gasteiger partial charge in [0.25, 0.3) is 0 Å². The van der Waals surface area contributed by atoms with Crippen LogP contribution >= 0.6 is 0 Å². The number of hydrogen-bond donors (Lipinski definition) is 4. The highest BCUT2D eigenvalue weighted by atomic mass is 28.3. The summed E-state index contributed by atoms with van der Waals surface area (Å²) in [4.78, 5) is 76.0. The smallest absolute Gasteiger partial charge is 0.407 e. The number of imidazole rings is 2. The normalized spacial score (nSPS) is 23.0. The van der Waals surface area contributed by atoms with E-state index >= 15 is 17.6 Å². The summed E-state index contributed by atoms with van der Waals surface area (Å²) in [5.74, 6) is -3.08. The van der Waals surface area contributed by atoms with Gasteiger partial charge in [-0.05, 0) is 94.4 Å². The van der Waals surface area contributed by atoms with Gasteiger partial charge in [0.05, 0.1) is 87.3 Å². The van der Waals surface area contributed by atoms with Crippen molar-refractivity contribution in [2.24, 2.45) is 5.92 Å². The van der Waals surface area contributed by atoms with Crippen LogP contribution in [0, 0.1) is 29.2 Å². The molecule has 4 aliphatic rings. The summed E-state index contributed by atoms with van der Waals surface area (Å²) in [6.45, 7) is 9.80. The summed E-state index contributed by atoms with van der Waals surface area (Å²) in [5.41, 5.74) is 1.67. The number of alkyl carbamates (subject to hydrolysis) is 2. The molecule has 19 nitrogen and oxygen atoms in total. The van der Waals surface area contributed by atoms with Crippen molar-refractivity contribution in [3.63, 3.8) is 0 Å². The minimum atomic E-state index is -1.51. The number of anilines is 2. The average Bonchev–Trinajstić information content (AvgIpc) is 4.35. The van der Waals surface area contributed by atoms with Gasteiger partial charge in [0.15, 0.2) is 11.6 Å². The second-order valence-electron chi connectivity index (χ2n) is 21.8. The molecule has 78 heavy (non-hydrogen) atoms. The van der Waals surface area contributed by atoms with Crippen molar-refractivity contribution in [2.45, 2.75) is 120 Å². The molecular weight excluding hydrogens is 1040 g/mol. The second-order valence-corrected chi connectivity index (χ2v) is 27.1. The van der Waals surface area contributed by atoms with Crippen LogP contribution in [0.1, 0.15) is 92.9 Å². The third-order valence-corrected chi connectivity index (χ3v) is 19.6. The van der Waals surface area contributed by atoms with E-state index in [1.807, 2.05) is 0 Å². The number of amides is 4. The lowest BCUT2D eigenvalue weighted by atomic mass is 10.0. The van der Waals surface area contributed by atoms with E-state index in [0.717, 1.165) is 12.1 Å². The Hall–Kier alpha value is -6.50. The van der Waals surface area contributed by atoms with Crippen LogP contribution in [0.15, 0.2) is 36.4 Å². The predicted molar refractivity (Wildman–Crippen MR) is 285 cm³/mol. The summed E-state index contributed by atoms with van der Waals surface area (Å²) < 4.78 is 93.5. The Morgan fingerprint density at radius 2 is 1.17 bits per heavy atom. The molecule has 4 fully saturated rings. The van der Waals surface area contributed by atoms with Gasteiger partial charge in [-0.1, -0.05) is 13.1 Å². The number of H-pyrrole nitrogens is 2. The lowest BCUT2D eigenvalue weighted by molar-refractivity contribution is -0.138. The van der Waals surface area contributed by atoms with E-state index in [-0.39, 0.29) is 47.8 Å². The van der Waals surface area contributed by atoms with Crippen LogP contribution in [0.3, 0.4) is 0 Å². The highest BCUT2D eigenvalue weighted by Crippen LogP contribution is 2.50. The number of hydrogen-bond acceptors (Lipinski definition) is 13. The summed E-state index contributed by atoms with van der Waals surface area (Å²) in [6.07, 6.45) is -1.00. The van der Waals surface area contributed by atoms with Crippen molar-refractivity contribution in [1.29, 1.82) is 0 Å². The minimum absolute atomic E-state index is 0.0857. The number of nitrogens with zero attached hydrogens (tertiary/aromatic N) is 6. The summed E-state index contributed by atoms with van der Waals surface area (Å²) in [6, 6.07) is 4.87. The molecule has 24 heteroatoms. The number of methoxy groups -OCH3 is 5. The molecule has 0 spiro atoms. The summed E-state index contributed by atoms with van der Waals surface area (Å²) >= 11 is 0. The van der Waals surface area contributed by atoms with E-state index < -0.39 is 104 Å². The van der Waals surface area contributed by atoms with Gasteiger partial charge in [0, 0.05) is 70.2 Å². The Bertz CT molecular complexity index is 3020. The largest absolute Gasteiger partial charge is 0.453 e. The van der Waals surface area contributed by atoms with Crippen LogP contribution < -0.4 is 20.4 Å². The van der Waals surface area contributed by atoms with Crippen molar-refractivity contribution in [2.75, 3.05) is 78.1 Å². The Morgan fingerprint density at radius 3 is 1.65 bits per heavy atom. The molecule has 4 amide bonds. The molecule has 422 valence electrons. The number of carbonyl (C=O) groups excluding carboxylic acids is 4. The van der Waals surface area contributed by atoms with Gasteiger partial charge in [-0.2, -0.15) is 0 Å². The first kappa shape index (κ1) is 56.2. The second kappa shape index (κ2) is 23.1. The molecule has 4 aliphatic heterocycles. The number of benzene rings is 3. The molecule has 1 unspecified atom stereocenters. The third kappa shape index (κ3) is 11.1. The number of aromatic nitrogens is 4. The first-order valence-electron chi connectivity index (χ1n) is 26.5. The zero-order chi connectivity index (χ0) is 55.9. The van der Waals surface area contributed by atoms with Crippen LogP contribution in [-0.2, 0) is 33.3 Å². The van der Waals surface area contributed by atoms with E-state index in [9.17, 15) is 19.2 Å². The molecule has 0 bridgehead atoms. The number of nitrogens with one attached hydrogen (secondary N) is 4. The van der Waals surface area contributed by atoms with Crippen molar-refractivity contribution < 1.29 is 60.4 Å². The maximum atomic E-state index is 17.1. The monoisotopic (exact) mass is 1110 g/mol. The number of likely N-dealkylation sites (tertiary alicyclic amines) is 2. The third-order valence-electron chi connectivity index (χ3n) is 16.4. The predicted octanol–water partition coefficient (Wildman–Crippen LogP) is 8.33. The van der Waals surface area contributed by atoms with E-state index in [1.165, 1.54) is 52.7 Å². The van der Waals surface area contributed by atoms with Gasteiger partial charge < -0.3 is 63.9 Å². The van der Waals surface area contributed by atoms with Gasteiger partial charge in [0.1, 0.15) is 41.1 Å². The summed E-state index contributed by atoms with van der Waals surface area (Å²) in [5, 5.41) is 5.17. The minimum Gasteiger partial charge on any atom is -0.453 e. The molecule has 9 rings (SSSR count). The first-order valence-corrected chi connectivity index (χ1v) is 29.9. The van der Waals surface area contributed by atoms with Gasteiger partial charge >= 0.3 is 12.2 Å². The standard InChI is InChI=1S/C54H70F4N10O9Si/c1-28(74-4)46(63-53(71)76-6)51(69)66-14-10-11-44(66)49-59-38-22-32(34(55)24-40(38)61-49)42-12-13-43(68(42)31-20-36(57)48(37(58)21-31)65-15-17-78(8,9)18-16-65)33-23-39-41(25-35(33)56)62-50(60-39)45-19-30(27-73-3)26-67(45)52(70)47(29(2)75-5)64-54(72)77-7/h20-25,28-30,42-47H,10-19,26-27H2,1-9H3,(H,59,61)(H,60,62)(H,63,71)(H,64,72)/t28-,29-,30?,42+,43+,44+,45+,46+,47+/m1/s1. The van der Waals surface area contributed by atoms with Crippen molar-refractivity contribution in [3.05, 3.63) is 82.4 Å². The van der Waals surface area contributed by atoms with Crippen LogP contribution in [0.25, 0.3) is 22.1 Å². The van der Waals surface area contributed by atoms with Crippen molar-refractivity contribution in [1.82, 2.24) is 40.4 Å². The molecule has 9 atom stereocenters. The Morgan fingerprint density at radius 1 is 0.667 bits per heavy atom. The Kier molecular flexibility index (Phi) is 16.6. The van der Waals surface area contributed by atoms with Crippen LogP contribution in [0.4, 0.5) is 38.5 Å². The van der Waals surface area contributed by atoms with Gasteiger partial charge in [-0.3, -0.25) is 9.59 Å². The fourth-order valence-corrected chi connectivity index (χ4v) is 13.9. The number of halogens is 4. The van der Waals surface area contributed by atoms with Crippen molar-refractivity contribution >= 4 is 65.5 Å². The van der Waals surface area contributed by atoms with Crippen LogP contribution in [0.5, 0.6) is 0 Å². The van der Waals surface area contributed by atoms with Gasteiger partial charge in [-0.25, -0.2) is 37.1 Å². The number of fused-ring (bicyclic) bond motifs is 2. The fourth-order valence-electron chi connectivity index (χ4n) is 11.9. The highest BCUT2D eigenvalue weighted by Gasteiger charge is 2.45. The molecule has 4 saturated heterocycles. The van der Waals surface area contributed by atoms with E-state index in [2.05, 4.69) is 33.7 Å². The van der Waals surface area contributed by atoms with Crippen LogP contribution in [0.2, 0.25) is 25.2 Å². The molecule has 3 aromatic carbocycles. The molecule has 0 saturated carbocycles. The quantitative estimate of drug-likeness (QED) is 0.0542. The SMILES string of the molecule is COCC1C[C@@H](c2nc3cc([C@@H]4CC[C@@H](c5cc6nc([C@@H]7CCCN7C(=O)[C@@H](NC(=O)OC)[C@@H](C)OC)[nH]c6cc5F)N4c4cc(F)c(N5CC[Si](C)(C)CC5)c(F)c4)c(F)cc3[nH]2)N(C(=O)[C@@H](NC(=O)OC)[C@@H](C)OC)C1. The van der Waals surface area contributed by atoms with Gasteiger partial charge in [-0.15, -0.1) is 0 Å². The molecule has 5 aromatic rings. The molecular formula is C54H70F4N10O9Si. The van der Waals surface area contributed by atoms with E-state index in [1.54, 1.807) is 52.7 Å². The average molecular weight is 1110 g/mol. The van der Waals surface area contributed by atoms with Gasteiger partial charge in [0.2, 0.25) is 11.8 Å². The molecule has 4 N–H and O–H groups in total. The zero-order valence-corrected chi connectivity index (χ0v) is 46.5. The zero-order valence-electron chi connectivity index (χ0n) is 45.5. The Labute approximate surface area is 451 Å². The lowest BCUT2D eigenvalue weighted by Gasteiger charge is -2.38. The maximum Gasteiger partial charge on any atom is 0.407 e. The number of aromatic amines is 2. The molecule has 0 radical (unpaired) electrons. The number of carbonyl (C=O) groups is 4. The van der Waals surface area contributed by atoms with Crippen LogP contribution in [-0.4, -0.2) is 154 Å². The van der Waals surface area contributed by atoms with E-state index in [4.69, 9.17) is 33.7 Å². The highest BCUT2D eigenvalue weighted by molar-refractivity contribution is 6.77. The molecule has 2 aromatic heterocycles. The first-order chi connectivity index (χ1) is 37.3. The topological polar surface area (TPSA) is 209 Å². The van der Waals surface area contributed by atoms with E-state index in [0.29, 0.717) is 79.2 Å². The number of ether oxygens (including phenoxy) is 5. The maximum absolute atomic E-state index is 17.1. The summed E-state index contributed by atoms with van der Waals surface area (Å²) in [7, 11) is 5.30. The fraction of sp³-hybridized carbons (Fsp3) is 0.556. The molecule has 0 aliphatic carbocycles. The molecule has 6 heterocycles.